The average molecular weight is 238 g/mol. The Kier molecular flexibility index (Phi) is 4.62. The third kappa shape index (κ3) is 3.26. The van der Waals surface area contributed by atoms with Gasteiger partial charge < -0.3 is 20.8 Å². The highest BCUT2D eigenvalue weighted by atomic mass is 16.3. The Labute approximate surface area is 100 Å². The lowest BCUT2D eigenvalue weighted by Gasteiger charge is -2.17. The predicted molar refractivity (Wildman–Crippen MR) is 64.5 cm³/mol. The number of rotatable bonds is 4. The zero-order chi connectivity index (χ0) is 13.0. The summed E-state index contributed by atoms with van der Waals surface area (Å²) in [5, 5.41) is 19.2. The zero-order valence-corrected chi connectivity index (χ0v) is 10.00. The molecule has 0 aliphatic carbocycles. The molecule has 0 aliphatic rings. The van der Waals surface area contributed by atoms with Gasteiger partial charge in [-0.25, -0.2) is 0 Å². The molecule has 0 heterocycles. The summed E-state index contributed by atoms with van der Waals surface area (Å²) in [7, 11) is 3.31. The van der Waals surface area contributed by atoms with E-state index in [1.807, 2.05) is 0 Å². The van der Waals surface area contributed by atoms with Crippen molar-refractivity contribution >= 4 is 5.91 Å². The molecule has 5 nitrogen and oxygen atoms in total. The summed E-state index contributed by atoms with van der Waals surface area (Å²) in [5.41, 5.74) is 6.22. The molecule has 1 aromatic rings. The standard InChI is InChI=1S/C12H18N2O3/c1-14(2)12(17)9-5-3-4-8(6-9)11(16)10(15)7-13/h3-6,10-11,15-16H,7,13H2,1-2H3. The van der Waals surface area contributed by atoms with Gasteiger partial charge in [-0.05, 0) is 17.7 Å². The lowest BCUT2D eigenvalue weighted by molar-refractivity contribution is 0.0243. The topological polar surface area (TPSA) is 86.8 Å². The van der Waals surface area contributed by atoms with Crippen LogP contribution in [0.2, 0.25) is 0 Å². The van der Waals surface area contributed by atoms with Gasteiger partial charge in [0.25, 0.3) is 5.91 Å². The molecule has 1 amide bonds. The van der Waals surface area contributed by atoms with Crippen LogP contribution in [0.25, 0.3) is 0 Å². The summed E-state index contributed by atoms with van der Waals surface area (Å²) in [4.78, 5) is 13.2. The maximum Gasteiger partial charge on any atom is 0.253 e. The molecule has 0 fully saturated rings. The summed E-state index contributed by atoms with van der Waals surface area (Å²) in [6, 6.07) is 6.54. The Bertz CT molecular complexity index is 393. The Morgan fingerprint density at radius 2 is 2.06 bits per heavy atom. The molecular weight excluding hydrogens is 220 g/mol. The fourth-order valence-electron chi connectivity index (χ4n) is 1.46. The van der Waals surface area contributed by atoms with Gasteiger partial charge in [0.1, 0.15) is 6.10 Å². The number of nitrogens with zero attached hydrogens (tertiary/aromatic N) is 1. The summed E-state index contributed by atoms with van der Waals surface area (Å²) in [6.45, 7) is -0.0347. The second kappa shape index (κ2) is 5.77. The number of carbonyl (C=O) groups is 1. The second-order valence-electron chi connectivity index (χ2n) is 4.07. The molecule has 0 saturated heterocycles. The van der Waals surface area contributed by atoms with E-state index in [0.717, 1.165) is 0 Å². The van der Waals surface area contributed by atoms with Crippen LogP contribution in [0, 0.1) is 0 Å². The summed E-state index contributed by atoms with van der Waals surface area (Å²) in [5.74, 6) is -0.152. The highest BCUT2D eigenvalue weighted by molar-refractivity contribution is 5.94. The van der Waals surface area contributed by atoms with Crippen molar-refractivity contribution < 1.29 is 15.0 Å². The van der Waals surface area contributed by atoms with E-state index >= 15 is 0 Å². The predicted octanol–water partition coefficient (Wildman–Crippen LogP) is -0.259. The molecule has 94 valence electrons. The highest BCUT2D eigenvalue weighted by Crippen LogP contribution is 2.18. The number of nitrogens with two attached hydrogens (primary N) is 1. The van der Waals surface area contributed by atoms with E-state index in [1.165, 1.54) is 4.90 Å². The van der Waals surface area contributed by atoms with E-state index in [-0.39, 0.29) is 12.5 Å². The maximum absolute atomic E-state index is 11.7. The van der Waals surface area contributed by atoms with Crippen LogP contribution in [-0.2, 0) is 0 Å². The van der Waals surface area contributed by atoms with Gasteiger partial charge in [0.05, 0.1) is 6.10 Å². The third-order valence-electron chi connectivity index (χ3n) is 2.49. The fourth-order valence-corrected chi connectivity index (χ4v) is 1.46. The first-order valence-corrected chi connectivity index (χ1v) is 5.35. The molecule has 5 heteroatoms. The van der Waals surface area contributed by atoms with Gasteiger partial charge in [0, 0.05) is 26.2 Å². The van der Waals surface area contributed by atoms with E-state index < -0.39 is 12.2 Å². The first kappa shape index (κ1) is 13.6. The molecule has 0 spiro atoms. The quantitative estimate of drug-likeness (QED) is 0.674. The normalized spacial score (nSPS) is 14.2. The van der Waals surface area contributed by atoms with E-state index in [2.05, 4.69) is 0 Å². The minimum atomic E-state index is -1.07. The lowest BCUT2D eigenvalue weighted by atomic mass is 10.0. The summed E-state index contributed by atoms with van der Waals surface area (Å²) < 4.78 is 0. The Morgan fingerprint density at radius 3 is 2.59 bits per heavy atom. The molecule has 0 aliphatic heterocycles. The molecule has 0 bridgehead atoms. The molecule has 0 saturated carbocycles. The highest BCUT2D eigenvalue weighted by Gasteiger charge is 2.18. The first-order chi connectivity index (χ1) is 7.97. The smallest absolute Gasteiger partial charge is 0.253 e. The maximum atomic E-state index is 11.7. The largest absolute Gasteiger partial charge is 0.389 e. The van der Waals surface area contributed by atoms with Gasteiger partial charge in [-0.1, -0.05) is 12.1 Å². The number of carbonyl (C=O) groups excluding carboxylic acids is 1. The molecule has 2 unspecified atom stereocenters. The minimum Gasteiger partial charge on any atom is -0.389 e. The van der Waals surface area contributed by atoms with Crippen LogP contribution in [-0.4, -0.2) is 47.8 Å². The number of hydrogen-bond acceptors (Lipinski definition) is 4. The van der Waals surface area contributed by atoms with E-state index in [4.69, 9.17) is 5.73 Å². The van der Waals surface area contributed by atoms with Crippen LogP contribution in [0.4, 0.5) is 0 Å². The van der Waals surface area contributed by atoms with Crippen molar-refractivity contribution in [3.05, 3.63) is 35.4 Å². The molecule has 0 aromatic heterocycles. The molecule has 17 heavy (non-hydrogen) atoms. The van der Waals surface area contributed by atoms with Crippen molar-refractivity contribution in [3.63, 3.8) is 0 Å². The van der Waals surface area contributed by atoms with Gasteiger partial charge in [-0.2, -0.15) is 0 Å². The van der Waals surface area contributed by atoms with Gasteiger partial charge in [0.2, 0.25) is 0 Å². The van der Waals surface area contributed by atoms with Crippen LogP contribution < -0.4 is 5.73 Å². The molecule has 4 N–H and O–H groups in total. The molecular formula is C12H18N2O3. The van der Waals surface area contributed by atoms with Crippen LogP contribution in [0.5, 0.6) is 0 Å². The number of amides is 1. The van der Waals surface area contributed by atoms with Gasteiger partial charge in [-0.3, -0.25) is 4.79 Å². The van der Waals surface area contributed by atoms with E-state index in [1.54, 1.807) is 38.4 Å². The second-order valence-corrected chi connectivity index (χ2v) is 4.07. The van der Waals surface area contributed by atoms with Crippen LogP contribution in [0.15, 0.2) is 24.3 Å². The fraction of sp³-hybridized carbons (Fsp3) is 0.417. The lowest BCUT2D eigenvalue weighted by Crippen LogP contribution is -2.27. The van der Waals surface area contributed by atoms with Gasteiger partial charge in [-0.15, -0.1) is 0 Å². The van der Waals surface area contributed by atoms with Crippen molar-refractivity contribution in [2.75, 3.05) is 20.6 Å². The monoisotopic (exact) mass is 238 g/mol. The number of hydrogen-bond donors (Lipinski definition) is 3. The van der Waals surface area contributed by atoms with Crippen molar-refractivity contribution in [1.82, 2.24) is 4.90 Å². The number of benzene rings is 1. The van der Waals surface area contributed by atoms with Gasteiger partial charge in [0.15, 0.2) is 0 Å². The Balaban J connectivity index is 2.97. The third-order valence-corrected chi connectivity index (χ3v) is 2.49. The minimum absolute atomic E-state index is 0.0347. The molecule has 0 radical (unpaired) electrons. The van der Waals surface area contributed by atoms with Crippen molar-refractivity contribution in [2.24, 2.45) is 5.73 Å². The van der Waals surface area contributed by atoms with E-state index in [9.17, 15) is 15.0 Å². The summed E-state index contributed by atoms with van der Waals surface area (Å²) >= 11 is 0. The summed E-state index contributed by atoms with van der Waals surface area (Å²) in [6.07, 6.45) is -2.10. The first-order valence-electron chi connectivity index (χ1n) is 5.35. The van der Waals surface area contributed by atoms with Crippen molar-refractivity contribution in [3.8, 4) is 0 Å². The number of aliphatic hydroxyl groups excluding tert-OH is 2. The molecule has 2 atom stereocenters. The van der Waals surface area contributed by atoms with Crippen molar-refractivity contribution in [1.29, 1.82) is 0 Å². The molecule has 1 rings (SSSR count). The van der Waals surface area contributed by atoms with Gasteiger partial charge >= 0.3 is 0 Å². The Morgan fingerprint density at radius 1 is 1.41 bits per heavy atom. The SMILES string of the molecule is CN(C)C(=O)c1cccc(C(O)C(O)CN)c1. The van der Waals surface area contributed by atoms with Crippen LogP contribution in [0.3, 0.4) is 0 Å². The number of aliphatic hydroxyl groups is 2. The Hall–Kier alpha value is -1.43. The average Bonchev–Trinajstić information content (AvgIpc) is 2.35. The zero-order valence-electron chi connectivity index (χ0n) is 10.00. The van der Waals surface area contributed by atoms with Crippen LogP contribution >= 0.6 is 0 Å². The van der Waals surface area contributed by atoms with E-state index in [0.29, 0.717) is 11.1 Å². The van der Waals surface area contributed by atoms with Crippen molar-refractivity contribution in [2.45, 2.75) is 12.2 Å². The van der Waals surface area contributed by atoms with Crippen LogP contribution in [0.1, 0.15) is 22.0 Å². The molecule has 1 aromatic carbocycles.